The average Bonchev–Trinajstić information content (AvgIpc) is 2.96. The van der Waals surface area contributed by atoms with Crippen molar-refractivity contribution < 1.29 is 5.11 Å². The number of phenolic OH excluding ortho intramolecular Hbond substituents is 1. The number of piperidine rings is 2. The highest BCUT2D eigenvalue weighted by Crippen LogP contribution is 2.62. The molecule has 1 aromatic carbocycles. The van der Waals surface area contributed by atoms with Crippen molar-refractivity contribution in [3.05, 3.63) is 29.3 Å². The van der Waals surface area contributed by atoms with Crippen LogP contribution in [0.25, 0.3) is 0 Å². The van der Waals surface area contributed by atoms with Crippen molar-refractivity contribution >= 4 is 0 Å². The molecule has 3 heterocycles. The Morgan fingerprint density at radius 3 is 2.80 bits per heavy atom. The molecule has 0 aromatic heterocycles. The lowest BCUT2D eigenvalue weighted by molar-refractivity contribution is -0.0441. The summed E-state index contributed by atoms with van der Waals surface area (Å²) in [4.78, 5) is 2.85. The summed E-state index contributed by atoms with van der Waals surface area (Å²) in [5, 5.41) is 9.94. The fraction of sp³-hybridized carbons (Fsp3) is 0.667. The maximum Gasteiger partial charge on any atom is 0.115 e. The van der Waals surface area contributed by atoms with E-state index in [0.29, 0.717) is 17.7 Å². The van der Waals surface area contributed by atoms with Crippen LogP contribution in [0.4, 0.5) is 0 Å². The summed E-state index contributed by atoms with van der Waals surface area (Å²) in [6.07, 6.45) is 8.42. The van der Waals surface area contributed by atoms with E-state index >= 15 is 0 Å². The van der Waals surface area contributed by atoms with E-state index in [0.717, 1.165) is 17.9 Å². The van der Waals surface area contributed by atoms with Gasteiger partial charge in [-0.15, -0.1) is 0 Å². The van der Waals surface area contributed by atoms with Crippen molar-refractivity contribution in [3.8, 4) is 5.75 Å². The topological polar surface area (TPSA) is 23.5 Å². The van der Waals surface area contributed by atoms with E-state index in [9.17, 15) is 5.11 Å². The maximum absolute atomic E-state index is 9.94. The Hall–Kier alpha value is -1.02. The van der Waals surface area contributed by atoms with Crippen molar-refractivity contribution in [1.82, 2.24) is 4.90 Å². The van der Waals surface area contributed by atoms with Gasteiger partial charge in [-0.3, -0.25) is 4.90 Å². The molecule has 2 heteroatoms. The molecule has 0 unspecified atom stereocenters. The monoisotopic (exact) mass is 269 g/mol. The Morgan fingerprint density at radius 2 is 1.85 bits per heavy atom. The van der Waals surface area contributed by atoms with E-state index in [1.165, 1.54) is 50.6 Å². The molecule has 5 atom stereocenters. The maximum atomic E-state index is 9.94. The molecule has 1 aromatic rings. The van der Waals surface area contributed by atoms with E-state index in [1.54, 1.807) is 5.56 Å². The summed E-state index contributed by atoms with van der Waals surface area (Å²) in [7, 11) is 0. The number of hydrogen-bond donors (Lipinski definition) is 1. The molecule has 2 bridgehead atoms. The minimum atomic E-state index is 0.466. The van der Waals surface area contributed by atoms with Crippen LogP contribution in [-0.4, -0.2) is 22.6 Å². The van der Waals surface area contributed by atoms with E-state index in [-0.39, 0.29) is 0 Å². The van der Waals surface area contributed by atoms with E-state index < -0.39 is 0 Å². The van der Waals surface area contributed by atoms with E-state index in [2.05, 4.69) is 17.0 Å². The van der Waals surface area contributed by atoms with Crippen LogP contribution in [0.2, 0.25) is 0 Å². The first kappa shape index (κ1) is 11.6. The average molecular weight is 269 g/mol. The van der Waals surface area contributed by atoms with Gasteiger partial charge in [-0.1, -0.05) is 18.9 Å². The Kier molecular flexibility index (Phi) is 2.33. The summed E-state index contributed by atoms with van der Waals surface area (Å²) in [6, 6.07) is 7.65. The van der Waals surface area contributed by atoms with Gasteiger partial charge in [0.2, 0.25) is 0 Å². The number of nitrogens with zero attached hydrogens (tertiary/aromatic N) is 1. The van der Waals surface area contributed by atoms with Gasteiger partial charge >= 0.3 is 0 Å². The van der Waals surface area contributed by atoms with E-state index in [4.69, 9.17) is 0 Å². The summed E-state index contributed by atoms with van der Waals surface area (Å²) in [6.45, 7) is 1.30. The van der Waals surface area contributed by atoms with Crippen LogP contribution in [0.5, 0.6) is 5.75 Å². The van der Waals surface area contributed by atoms with Gasteiger partial charge < -0.3 is 5.11 Å². The second kappa shape index (κ2) is 4.00. The van der Waals surface area contributed by atoms with Gasteiger partial charge in [-0.05, 0) is 67.3 Å². The largest absolute Gasteiger partial charge is 0.508 e. The zero-order valence-electron chi connectivity index (χ0n) is 12.0. The van der Waals surface area contributed by atoms with Gasteiger partial charge in [0.15, 0.2) is 0 Å². The van der Waals surface area contributed by atoms with Gasteiger partial charge in [-0.2, -0.15) is 0 Å². The molecule has 1 saturated carbocycles. The van der Waals surface area contributed by atoms with Gasteiger partial charge in [-0.25, -0.2) is 0 Å². The standard InChI is InChI=1S/C18H23NO/c20-11-7-8-14-15(10-11)17-12-4-3-5-13(12)18(14)19-9-2-1-6-16(17)19/h7-8,10,12-13,16-18,20H,1-6,9H2/t12-,13+,16-,17-,18+/m1/s1. The molecule has 3 aliphatic heterocycles. The van der Waals surface area contributed by atoms with Crippen molar-refractivity contribution in [2.75, 3.05) is 6.54 Å². The third-order valence-corrected chi connectivity index (χ3v) is 6.60. The van der Waals surface area contributed by atoms with Crippen molar-refractivity contribution in [2.24, 2.45) is 11.8 Å². The highest BCUT2D eigenvalue weighted by atomic mass is 16.3. The number of hydrogen-bond acceptors (Lipinski definition) is 2. The van der Waals surface area contributed by atoms with Gasteiger partial charge in [0.1, 0.15) is 5.75 Å². The first-order chi connectivity index (χ1) is 9.84. The molecule has 0 radical (unpaired) electrons. The highest BCUT2D eigenvalue weighted by molar-refractivity contribution is 5.46. The minimum absolute atomic E-state index is 0.466. The summed E-state index contributed by atoms with van der Waals surface area (Å²) in [5.74, 6) is 2.96. The lowest BCUT2D eigenvalue weighted by atomic mass is 9.59. The van der Waals surface area contributed by atoms with Crippen LogP contribution in [-0.2, 0) is 0 Å². The molecule has 6 rings (SSSR count). The smallest absolute Gasteiger partial charge is 0.115 e. The van der Waals surface area contributed by atoms with Crippen LogP contribution >= 0.6 is 0 Å². The third-order valence-electron chi connectivity index (χ3n) is 6.60. The second-order valence-corrected chi connectivity index (χ2v) is 7.34. The molecule has 106 valence electrons. The molecule has 2 aliphatic carbocycles. The molecule has 3 fully saturated rings. The number of aromatic hydroxyl groups is 1. The van der Waals surface area contributed by atoms with Gasteiger partial charge in [0.25, 0.3) is 0 Å². The summed E-state index contributed by atoms with van der Waals surface area (Å²) in [5.41, 5.74) is 3.05. The third kappa shape index (κ3) is 1.34. The molecule has 2 saturated heterocycles. The molecule has 0 amide bonds. The second-order valence-electron chi connectivity index (χ2n) is 7.34. The molecule has 1 N–H and O–H groups in total. The lowest BCUT2D eigenvalue weighted by Gasteiger charge is -2.59. The SMILES string of the molecule is Oc1ccc2c(c1)[C@H]1[C@@H]3CCC[C@@H]3[C@@H]2N2CCCC[C@H]12. The zero-order valence-corrected chi connectivity index (χ0v) is 12.0. The van der Waals surface area contributed by atoms with Crippen molar-refractivity contribution in [3.63, 3.8) is 0 Å². The fourth-order valence-corrected chi connectivity index (χ4v) is 6.06. The number of phenols is 1. The molecule has 0 spiro atoms. The summed E-state index contributed by atoms with van der Waals surface area (Å²) >= 11 is 0. The molecule has 2 nitrogen and oxygen atoms in total. The first-order valence-electron chi connectivity index (χ1n) is 8.43. The lowest BCUT2D eigenvalue weighted by Crippen LogP contribution is -2.58. The van der Waals surface area contributed by atoms with Crippen LogP contribution in [0.3, 0.4) is 0 Å². The molecular weight excluding hydrogens is 246 g/mol. The first-order valence-corrected chi connectivity index (χ1v) is 8.43. The van der Waals surface area contributed by atoms with Gasteiger partial charge in [0.05, 0.1) is 0 Å². The Labute approximate surface area is 120 Å². The normalized spacial score (nSPS) is 42.1. The van der Waals surface area contributed by atoms with Crippen molar-refractivity contribution in [2.45, 2.75) is 56.5 Å². The predicted molar refractivity (Wildman–Crippen MR) is 78.8 cm³/mol. The molecule has 5 aliphatic rings. The fourth-order valence-electron chi connectivity index (χ4n) is 6.06. The Bertz CT molecular complexity index is 554. The number of rotatable bonds is 0. The highest BCUT2D eigenvalue weighted by Gasteiger charge is 2.56. The number of benzene rings is 1. The molecular formula is C18H23NO. The van der Waals surface area contributed by atoms with Crippen LogP contribution in [0, 0.1) is 11.8 Å². The summed E-state index contributed by atoms with van der Waals surface area (Å²) < 4.78 is 0. The Morgan fingerprint density at radius 1 is 0.950 bits per heavy atom. The van der Waals surface area contributed by atoms with Crippen LogP contribution in [0.1, 0.15) is 61.6 Å². The van der Waals surface area contributed by atoms with Gasteiger partial charge in [0, 0.05) is 18.0 Å². The zero-order chi connectivity index (χ0) is 13.3. The quantitative estimate of drug-likeness (QED) is 0.774. The van der Waals surface area contributed by atoms with Crippen LogP contribution in [0.15, 0.2) is 18.2 Å². The predicted octanol–water partition coefficient (Wildman–Crippen LogP) is 3.81. The minimum Gasteiger partial charge on any atom is -0.508 e. The van der Waals surface area contributed by atoms with Crippen molar-refractivity contribution in [1.29, 1.82) is 0 Å². The van der Waals surface area contributed by atoms with E-state index in [1.807, 2.05) is 6.07 Å². The van der Waals surface area contributed by atoms with Crippen LogP contribution < -0.4 is 0 Å². The molecule has 20 heavy (non-hydrogen) atoms. The Balaban J connectivity index is 1.71.